The van der Waals surface area contributed by atoms with Crippen LogP contribution >= 0.6 is 0 Å². The Morgan fingerprint density at radius 3 is 2.47 bits per heavy atom. The van der Waals surface area contributed by atoms with Gasteiger partial charge in [-0.3, -0.25) is 9.59 Å². The van der Waals surface area contributed by atoms with Gasteiger partial charge in [0.2, 0.25) is 10.0 Å². The molecule has 1 fully saturated rings. The third kappa shape index (κ3) is 5.24. The molecule has 2 heterocycles. The molecule has 9 nitrogen and oxygen atoms in total. The van der Waals surface area contributed by atoms with Crippen LogP contribution in [-0.4, -0.2) is 76.3 Å². The highest BCUT2D eigenvalue weighted by atomic mass is 32.2. The summed E-state index contributed by atoms with van der Waals surface area (Å²) in [5.74, 6) is 0.107. The van der Waals surface area contributed by atoms with E-state index in [1.54, 1.807) is 23.1 Å². The Labute approximate surface area is 200 Å². The van der Waals surface area contributed by atoms with Gasteiger partial charge in [0.05, 0.1) is 10.6 Å². The molecule has 10 heteroatoms. The average Bonchev–Trinajstić information content (AvgIpc) is 3.36. The van der Waals surface area contributed by atoms with Crippen LogP contribution in [0, 0.1) is 0 Å². The van der Waals surface area contributed by atoms with Crippen molar-refractivity contribution in [3.63, 3.8) is 0 Å². The van der Waals surface area contributed by atoms with Crippen molar-refractivity contribution in [2.75, 3.05) is 57.1 Å². The van der Waals surface area contributed by atoms with Gasteiger partial charge in [-0.15, -0.1) is 0 Å². The third-order valence-corrected chi connectivity index (χ3v) is 7.88. The van der Waals surface area contributed by atoms with E-state index in [9.17, 15) is 18.0 Å². The molecule has 0 saturated carbocycles. The highest BCUT2D eigenvalue weighted by molar-refractivity contribution is 7.89. The first-order chi connectivity index (χ1) is 16.3. The van der Waals surface area contributed by atoms with Crippen molar-refractivity contribution in [3.05, 3.63) is 48.0 Å². The Kier molecular flexibility index (Phi) is 7.20. The van der Waals surface area contributed by atoms with Gasteiger partial charge in [-0.2, -0.15) is 4.31 Å². The molecule has 0 aliphatic carbocycles. The Morgan fingerprint density at radius 1 is 1.09 bits per heavy atom. The summed E-state index contributed by atoms with van der Waals surface area (Å²) >= 11 is 0. The predicted molar refractivity (Wildman–Crippen MR) is 130 cm³/mol. The van der Waals surface area contributed by atoms with Crippen molar-refractivity contribution in [2.45, 2.75) is 24.2 Å². The third-order valence-electron chi connectivity index (χ3n) is 5.97. The van der Waals surface area contributed by atoms with E-state index in [4.69, 9.17) is 4.74 Å². The first-order valence-corrected chi connectivity index (χ1v) is 12.8. The maximum Gasteiger partial charge on any atom is 0.265 e. The van der Waals surface area contributed by atoms with Crippen LogP contribution in [0.25, 0.3) is 0 Å². The number of nitrogens with zero attached hydrogens (tertiary/aromatic N) is 3. The number of rotatable bonds is 8. The number of ether oxygens (including phenoxy) is 1. The van der Waals surface area contributed by atoms with Crippen molar-refractivity contribution in [1.82, 2.24) is 9.21 Å². The molecule has 34 heavy (non-hydrogen) atoms. The fourth-order valence-electron chi connectivity index (χ4n) is 4.13. The topological polar surface area (TPSA) is 99.3 Å². The molecule has 0 radical (unpaired) electrons. The molecule has 2 aromatic rings. The smallest absolute Gasteiger partial charge is 0.265 e. The van der Waals surface area contributed by atoms with Gasteiger partial charge < -0.3 is 19.9 Å². The number of carbonyl (C=O) groups is 2. The van der Waals surface area contributed by atoms with E-state index in [1.807, 2.05) is 14.1 Å². The highest BCUT2D eigenvalue weighted by Gasteiger charge is 2.28. The Balaban J connectivity index is 1.47. The fourth-order valence-corrected chi connectivity index (χ4v) is 5.65. The Morgan fingerprint density at radius 2 is 1.79 bits per heavy atom. The van der Waals surface area contributed by atoms with Crippen LogP contribution in [0.1, 0.15) is 29.6 Å². The molecule has 0 unspecified atom stereocenters. The summed E-state index contributed by atoms with van der Waals surface area (Å²) in [5.41, 5.74) is 1.49. The van der Waals surface area contributed by atoms with Crippen LogP contribution in [0.3, 0.4) is 0 Å². The SMILES string of the molecule is CN(C)CCCN1C(=O)COc2ccc(NC(=O)c3ccc(S(=O)(=O)N4CCCC4)cc3)cc21. The summed E-state index contributed by atoms with van der Waals surface area (Å²) in [4.78, 5) is 29.2. The van der Waals surface area contributed by atoms with Gasteiger partial charge in [-0.25, -0.2) is 8.42 Å². The van der Waals surface area contributed by atoms with E-state index < -0.39 is 10.0 Å². The maximum absolute atomic E-state index is 12.8. The molecule has 2 aromatic carbocycles. The van der Waals surface area contributed by atoms with E-state index in [0.717, 1.165) is 25.8 Å². The molecule has 182 valence electrons. The van der Waals surface area contributed by atoms with Crippen molar-refractivity contribution in [3.8, 4) is 5.75 Å². The van der Waals surface area contributed by atoms with Gasteiger partial charge in [-0.1, -0.05) is 0 Å². The lowest BCUT2D eigenvalue weighted by atomic mass is 10.1. The van der Waals surface area contributed by atoms with Crippen molar-refractivity contribution in [2.24, 2.45) is 0 Å². The quantitative estimate of drug-likeness (QED) is 0.615. The fraction of sp³-hybridized carbons (Fsp3) is 0.417. The lowest BCUT2D eigenvalue weighted by Gasteiger charge is -2.30. The van der Waals surface area contributed by atoms with Gasteiger partial charge in [0, 0.05) is 30.9 Å². The largest absolute Gasteiger partial charge is 0.482 e. The van der Waals surface area contributed by atoms with E-state index in [-0.39, 0.29) is 23.3 Å². The number of amides is 2. The van der Waals surface area contributed by atoms with E-state index in [2.05, 4.69) is 10.2 Å². The van der Waals surface area contributed by atoms with Crippen LogP contribution in [-0.2, 0) is 14.8 Å². The second-order valence-electron chi connectivity index (χ2n) is 8.76. The maximum atomic E-state index is 12.8. The van der Waals surface area contributed by atoms with Gasteiger partial charge in [0.15, 0.2) is 6.61 Å². The van der Waals surface area contributed by atoms with Crippen LogP contribution in [0.2, 0.25) is 0 Å². The molecular weight excluding hydrogens is 456 g/mol. The zero-order chi connectivity index (χ0) is 24.3. The number of carbonyl (C=O) groups excluding carboxylic acids is 2. The average molecular weight is 487 g/mol. The zero-order valence-corrected chi connectivity index (χ0v) is 20.3. The summed E-state index contributed by atoms with van der Waals surface area (Å²) in [7, 11) is 0.439. The number of sulfonamides is 1. The minimum absolute atomic E-state index is 0.00659. The number of nitrogens with one attached hydrogen (secondary N) is 1. The van der Waals surface area contributed by atoms with Gasteiger partial charge >= 0.3 is 0 Å². The van der Waals surface area contributed by atoms with E-state index in [0.29, 0.717) is 42.3 Å². The van der Waals surface area contributed by atoms with E-state index in [1.165, 1.54) is 28.6 Å². The summed E-state index contributed by atoms with van der Waals surface area (Å²) in [5, 5.41) is 2.83. The molecule has 4 rings (SSSR count). The molecule has 0 spiro atoms. The summed E-state index contributed by atoms with van der Waals surface area (Å²) in [6, 6.07) is 11.1. The summed E-state index contributed by atoms with van der Waals surface area (Å²) in [6.45, 7) is 2.45. The summed E-state index contributed by atoms with van der Waals surface area (Å²) < 4.78 is 32.4. The molecule has 1 saturated heterocycles. The van der Waals surface area contributed by atoms with Crippen molar-refractivity contribution >= 4 is 33.2 Å². The molecule has 0 aromatic heterocycles. The molecule has 0 atom stereocenters. The molecule has 2 amide bonds. The minimum Gasteiger partial charge on any atom is -0.482 e. The lowest BCUT2D eigenvalue weighted by molar-refractivity contribution is -0.121. The van der Waals surface area contributed by atoms with Crippen LogP contribution in [0.5, 0.6) is 5.75 Å². The number of hydrogen-bond donors (Lipinski definition) is 1. The van der Waals surface area contributed by atoms with Gasteiger partial charge in [-0.05, 0) is 82.4 Å². The van der Waals surface area contributed by atoms with Crippen LogP contribution in [0.15, 0.2) is 47.4 Å². The molecule has 2 aliphatic rings. The van der Waals surface area contributed by atoms with E-state index >= 15 is 0 Å². The van der Waals surface area contributed by atoms with Crippen molar-refractivity contribution < 1.29 is 22.7 Å². The number of fused-ring (bicyclic) bond motifs is 1. The van der Waals surface area contributed by atoms with Gasteiger partial charge in [0.1, 0.15) is 5.75 Å². The monoisotopic (exact) mass is 486 g/mol. The number of hydrogen-bond acceptors (Lipinski definition) is 6. The molecule has 0 bridgehead atoms. The standard InChI is InChI=1S/C24H30N4O5S/c1-26(2)12-5-15-28-21-16-19(8-11-22(21)33-17-23(28)29)25-24(30)18-6-9-20(10-7-18)34(31,32)27-13-3-4-14-27/h6-11,16H,3-5,12-15,17H2,1-2H3,(H,25,30). The normalized spacial score (nSPS) is 16.4. The number of benzene rings is 2. The second kappa shape index (κ2) is 10.1. The second-order valence-corrected chi connectivity index (χ2v) is 10.7. The summed E-state index contributed by atoms with van der Waals surface area (Å²) in [6.07, 6.45) is 2.54. The first-order valence-electron chi connectivity index (χ1n) is 11.4. The zero-order valence-electron chi connectivity index (χ0n) is 19.5. The number of anilines is 2. The lowest BCUT2D eigenvalue weighted by Crippen LogP contribution is -2.40. The Bertz CT molecular complexity index is 1160. The van der Waals surface area contributed by atoms with Gasteiger partial charge in [0.25, 0.3) is 11.8 Å². The minimum atomic E-state index is -3.53. The molecule has 1 N–H and O–H groups in total. The predicted octanol–water partition coefficient (Wildman–Crippen LogP) is 2.40. The van der Waals surface area contributed by atoms with Crippen LogP contribution in [0.4, 0.5) is 11.4 Å². The molecule has 2 aliphatic heterocycles. The van der Waals surface area contributed by atoms with Crippen LogP contribution < -0.4 is 15.0 Å². The van der Waals surface area contributed by atoms with Crippen molar-refractivity contribution in [1.29, 1.82) is 0 Å². The molecular formula is C24H30N4O5S. The first kappa shape index (κ1) is 24.2. The highest BCUT2D eigenvalue weighted by Crippen LogP contribution is 2.35. The Hall–Kier alpha value is -2.95.